The molecule has 0 aromatic heterocycles. The Labute approximate surface area is 160 Å². The van der Waals surface area contributed by atoms with Gasteiger partial charge in [0.2, 0.25) is 5.78 Å². The predicted molar refractivity (Wildman–Crippen MR) is 98.6 cm³/mol. The molecule has 0 atom stereocenters. The van der Waals surface area contributed by atoms with E-state index in [0.717, 1.165) is 25.9 Å². The number of allylic oxidation sites excluding steroid dienone is 1. The van der Waals surface area contributed by atoms with Gasteiger partial charge in [0, 0.05) is 12.1 Å². The highest BCUT2D eigenvalue weighted by molar-refractivity contribution is 6.15. The van der Waals surface area contributed by atoms with Gasteiger partial charge in [0.05, 0.1) is 11.1 Å². The Morgan fingerprint density at radius 2 is 1.93 bits per heavy atom. The molecular weight excluding hydrogens is 368 g/mol. The Morgan fingerprint density at radius 3 is 2.68 bits per heavy atom. The van der Waals surface area contributed by atoms with E-state index >= 15 is 0 Å². The molecule has 2 aliphatic rings. The number of phenols is 1. The number of nitrogens with zero attached hydrogens (tertiary/aromatic N) is 1. The lowest BCUT2D eigenvalue weighted by Crippen LogP contribution is -2.18. The van der Waals surface area contributed by atoms with Crippen LogP contribution in [0.15, 0.2) is 42.2 Å². The van der Waals surface area contributed by atoms with Gasteiger partial charge >= 0.3 is 6.61 Å². The van der Waals surface area contributed by atoms with E-state index in [-0.39, 0.29) is 23.0 Å². The summed E-state index contributed by atoms with van der Waals surface area (Å²) in [4.78, 5) is 14.9. The molecule has 0 bridgehead atoms. The fourth-order valence-corrected chi connectivity index (χ4v) is 3.56. The van der Waals surface area contributed by atoms with Crippen LogP contribution in [0, 0.1) is 0 Å². The molecule has 2 aromatic rings. The summed E-state index contributed by atoms with van der Waals surface area (Å²) in [5.74, 6) is 0.00662. The third-order valence-corrected chi connectivity index (χ3v) is 4.92. The van der Waals surface area contributed by atoms with Crippen molar-refractivity contribution in [3.05, 3.63) is 58.8 Å². The van der Waals surface area contributed by atoms with Gasteiger partial charge in [0.15, 0.2) is 5.76 Å². The molecular formula is C21H19F2NO4. The zero-order chi connectivity index (χ0) is 19.7. The SMILES string of the molecule is O=C1/C(=C/c2ccccc2OC(F)F)Oc2c1ccc(O)c2CN1CCCC1. The number of aromatic hydroxyl groups is 1. The average Bonchev–Trinajstić information content (AvgIpc) is 3.28. The van der Waals surface area contributed by atoms with E-state index in [1.54, 1.807) is 18.2 Å². The van der Waals surface area contributed by atoms with Gasteiger partial charge < -0.3 is 14.6 Å². The van der Waals surface area contributed by atoms with Crippen molar-refractivity contribution in [2.45, 2.75) is 26.0 Å². The van der Waals surface area contributed by atoms with E-state index in [1.165, 1.54) is 24.3 Å². The van der Waals surface area contributed by atoms with Gasteiger partial charge in [-0.3, -0.25) is 9.69 Å². The second kappa shape index (κ2) is 7.59. The Bertz CT molecular complexity index is 936. The highest BCUT2D eigenvalue weighted by Crippen LogP contribution is 2.41. The minimum atomic E-state index is -2.97. The van der Waals surface area contributed by atoms with Crippen molar-refractivity contribution in [3.63, 3.8) is 0 Å². The smallest absolute Gasteiger partial charge is 0.387 e. The van der Waals surface area contributed by atoms with E-state index in [1.807, 2.05) is 0 Å². The van der Waals surface area contributed by atoms with Crippen LogP contribution in [-0.4, -0.2) is 35.5 Å². The molecule has 0 unspecified atom stereocenters. The summed E-state index contributed by atoms with van der Waals surface area (Å²) in [7, 11) is 0. The molecule has 0 spiro atoms. The number of benzene rings is 2. The Morgan fingerprint density at radius 1 is 1.18 bits per heavy atom. The lowest BCUT2D eigenvalue weighted by molar-refractivity contribution is -0.0499. The van der Waals surface area contributed by atoms with Crippen molar-refractivity contribution in [2.24, 2.45) is 0 Å². The zero-order valence-corrected chi connectivity index (χ0v) is 15.0. The van der Waals surface area contributed by atoms with Gasteiger partial charge in [-0.05, 0) is 50.2 Å². The molecule has 2 aliphatic heterocycles. The van der Waals surface area contributed by atoms with E-state index in [4.69, 9.17) is 4.74 Å². The van der Waals surface area contributed by atoms with E-state index in [9.17, 15) is 18.7 Å². The van der Waals surface area contributed by atoms with Crippen LogP contribution in [0.5, 0.6) is 17.2 Å². The second-order valence-electron chi connectivity index (χ2n) is 6.78. The highest BCUT2D eigenvalue weighted by Gasteiger charge is 2.32. The third-order valence-electron chi connectivity index (χ3n) is 4.92. The molecule has 28 heavy (non-hydrogen) atoms. The van der Waals surface area contributed by atoms with E-state index < -0.39 is 6.61 Å². The number of ketones is 1. The largest absolute Gasteiger partial charge is 0.507 e. The second-order valence-corrected chi connectivity index (χ2v) is 6.78. The number of fused-ring (bicyclic) bond motifs is 1. The predicted octanol–water partition coefficient (Wildman–Crippen LogP) is 4.21. The topological polar surface area (TPSA) is 59.0 Å². The number of alkyl halides is 2. The lowest BCUT2D eigenvalue weighted by Gasteiger charge is -2.17. The van der Waals surface area contributed by atoms with Crippen molar-refractivity contribution in [1.82, 2.24) is 4.90 Å². The number of ether oxygens (including phenoxy) is 2. The van der Waals surface area contributed by atoms with Crippen molar-refractivity contribution < 1.29 is 28.2 Å². The summed E-state index contributed by atoms with van der Waals surface area (Å²) < 4.78 is 35.5. The molecule has 2 aromatic carbocycles. The fourth-order valence-electron chi connectivity index (χ4n) is 3.56. The Kier molecular flexibility index (Phi) is 5.00. The summed E-state index contributed by atoms with van der Waals surface area (Å²) in [5.41, 5.74) is 1.23. The number of hydrogen-bond acceptors (Lipinski definition) is 5. The molecule has 7 heteroatoms. The minimum Gasteiger partial charge on any atom is -0.507 e. The zero-order valence-electron chi connectivity index (χ0n) is 15.0. The standard InChI is InChI=1S/C21H19F2NO4/c22-21(23)28-17-6-2-1-5-13(17)11-18-19(26)14-7-8-16(25)15(20(14)27-18)12-24-9-3-4-10-24/h1-2,5-8,11,21,25H,3-4,9-10,12H2/b18-11-. The summed E-state index contributed by atoms with van der Waals surface area (Å²) in [6, 6.07) is 9.19. The first-order chi connectivity index (χ1) is 13.5. The van der Waals surface area contributed by atoms with Crippen molar-refractivity contribution in [1.29, 1.82) is 0 Å². The number of hydrogen-bond donors (Lipinski definition) is 1. The maximum Gasteiger partial charge on any atom is 0.387 e. The monoisotopic (exact) mass is 387 g/mol. The molecule has 1 N–H and O–H groups in total. The number of Topliss-reactive ketones (excluding diaryl/α,β-unsaturated/α-hetero) is 1. The lowest BCUT2D eigenvalue weighted by atomic mass is 10.0. The van der Waals surface area contributed by atoms with Gasteiger partial charge in [0.1, 0.15) is 17.2 Å². The number of carbonyl (C=O) groups excluding carboxylic acids is 1. The number of halogens is 2. The average molecular weight is 387 g/mol. The first-order valence-electron chi connectivity index (χ1n) is 9.08. The molecule has 0 amide bonds. The van der Waals surface area contributed by atoms with Crippen LogP contribution in [0.2, 0.25) is 0 Å². The first kappa shape index (κ1) is 18.4. The van der Waals surface area contributed by atoms with Crippen LogP contribution in [0.4, 0.5) is 8.78 Å². The van der Waals surface area contributed by atoms with Gasteiger partial charge in [-0.25, -0.2) is 0 Å². The quantitative estimate of drug-likeness (QED) is 0.779. The van der Waals surface area contributed by atoms with Gasteiger partial charge in [-0.2, -0.15) is 8.78 Å². The summed E-state index contributed by atoms with van der Waals surface area (Å²) in [6.07, 6.45) is 3.58. The van der Waals surface area contributed by atoms with Gasteiger partial charge in [-0.1, -0.05) is 18.2 Å². The Hall–Kier alpha value is -2.93. The minimum absolute atomic E-state index is 0.00795. The molecule has 2 heterocycles. The Balaban J connectivity index is 1.67. The van der Waals surface area contributed by atoms with Crippen LogP contribution in [-0.2, 0) is 6.54 Å². The molecule has 5 nitrogen and oxygen atoms in total. The molecule has 0 radical (unpaired) electrons. The highest BCUT2D eigenvalue weighted by atomic mass is 19.3. The third kappa shape index (κ3) is 3.57. The van der Waals surface area contributed by atoms with Crippen molar-refractivity contribution >= 4 is 11.9 Å². The molecule has 4 rings (SSSR count). The number of carbonyl (C=O) groups is 1. The van der Waals surface area contributed by atoms with Crippen molar-refractivity contribution in [2.75, 3.05) is 13.1 Å². The maximum absolute atomic E-state index is 12.8. The van der Waals surface area contributed by atoms with Crippen LogP contribution in [0.1, 0.15) is 34.3 Å². The van der Waals surface area contributed by atoms with Crippen molar-refractivity contribution in [3.8, 4) is 17.2 Å². The fraction of sp³-hybridized carbons (Fsp3) is 0.286. The molecule has 0 saturated carbocycles. The summed E-state index contributed by atoms with van der Waals surface area (Å²) in [5, 5.41) is 10.3. The molecule has 1 fully saturated rings. The van der Waals surface area contributed by atoms with Crippen LogP contribution < -0.4 is 9.47 Å². The van der Waals surface area contributed by atoms with Gasteiger partial charge in [-0.15, -0.1) is 0 Å². The van der Waals surface area contributed by atoms with Crippen LogP contribution >= 0.6 is 0 Å². The summed E-state index contributed by atoms with van der Waals surface area (Å²) >= 11 is 0. The van der Waals surface area contributed by atoms with E-state index in [2.05, 4.69) is 9.64 Å². The number of para-hydroxylation sites is 1. The first-order valence-corrected chi connectivity index (χ1v) is 9.08. The normalized spacial score (nSPS) is 18.0. The van der Waals surface area contributed by atoms with Gasteiger partial charge in [0.25, 0.3) is 0 Å². The van der Waals surface area contributed by atoms with Crippen LogP contribution in [0.3, 0.4) is 0 Å². The van der Waals surface area contributed by atoms with E-state index in [0.29, 0.717) is 29.0 Å². The number of phenolic OH excluding ortho intramolecular Hbond substituents is 1. The number of rotatable bonds is 5. The summed E-state index contributed by atoms with van der Waals surface area (Å²) in [6.45, 7) is -0.627. The van der Waals surface area contributed by atoms with Crippen LogP contribution in [0.25, 0.3) is 6.08 Å². The number of likely N-dealkylation sites (tertiary alicyclic amines) is 1. The molecule has 146 valence electrons. The molecule has 0 aliphatic carbocycles. The molecule has 1 saturated heterocycles. The maximum atomic E-state index is 12.8.